The number of hydrogen-bond acceptors (Lipinski definition) is 4. The van der Waals surface area contributed by atoms with Gasteiger partial charge in [0.15, 0.2) is 0 Å². The number of rotatable bonds is 7. The van der Waals surface area contributed by atoms with Crippen LogP contribution in [-0.2, 0) is 4.79 Å². The van der Waals surface area contributed by atoms with E-state index in [1.54, 1.807) is 12.1 Å². The summed E-state index contributed by atoms with van der Waals surface area (Å²) in [6.45, 7) is 5.99. The zero-order valence-corrected chi connectivity index (χ0v) is 19.5. The number of nitrogens with zero attached hydrogens (tertiary/aromatic N) is 2. The maximum Gasteiger partial charge on any atom is 0.304 e. The molecule has 0 unspecified atom stereocenters. The molecule has 1 N–H and O–H groups in total. The Kier molecular flexibility index (Phi) is 12.0. The third-order valence-corrected chi connectivity index (χ3v) is 6.33. The second-order valence-electron chi connectivity index (χ2n) is 7.62. The van der Waals surface area contributed by atoms with E-state index in [1.807, 2.05) is 6.07 Å². The number of benzene rings is 1. The quantitative estimate of drug-likeness (QED) is 0.594. The van der Waals surface area contributed by atoms with Crippen LogP contribution in [0.4, 0.5) is 0 Å². The van der Waals surface area contributed by atoms with Crippen LogP contribution in [0.5, 0.6) is 5.75 Å². The number of likely N-dealkylation sites (tertiary alicyclic amines) is 2. The smallest absolute Gasteiger partial charge is 0.304 e. The summed E-state index contributed by atoms with van der Waals surface area (Å²) in [5, 5.41) is 9.87. The summed E-state index contributed by atoms with van der Waals surface area (Å²) in [6.07, 6.45) is 4.86. The molecule has 0 aromatic heterocycles. The fourth-order valence-electron chi connectivity index (χ4n) is 3.96. The Bertz CT molecular complexity index is 634. The van der Waals surface area contributed by atoms with Gasteiger partial charge in [-0.3, -0.25) is 4.79 Å². The predicted molar refractivity (Wildman–Crippen MR) is 122 cm³/mol. The molecule has 0 radical (unpaired) electrons. The van der Waals surface area contributed by atoms with Gasteiger partial charge in [-0.25, -0.2) is 0 Å². The topological polar surface area (TPSA) is 53.0 Å². The molecule has 2 aliphatic heterocycles. The first-order valence-electron chi connectivity index (χ1n) is 9.78. The Balaban J connectivity index is 0.00000210. The van der Waals surface area contributed by atoms with Crippen molar-refractivity contribution in [3.05, 3.63) is 28.2 Å². The zero-order chi connectivity index (χ0) is 19.2. The maximum atomic E-state index is 10.7. The third kappa shape index (κ3) is 8.68. The Morgan fingerprint density at radius 2 is 1.62 bits per heavy atom. The monoisotopic (exact) mass is 486 g/mol. The number of piperidine rings is 2. The number of carboxylic acid groups (broad SMARTS) is 1. The molecular formula is C20H30Cl4N2O3. The largest absolute Gasteiger partial charge is 0.490 e. The minimum Gasteiger partial charge on any atom is -0.490 e. The van der Waals surface area contributed by atoms with Crippen LogP contribution >= 0.6 is 48.0 Å². The van der Waals surface area contributed by atoms with Crippen molar-refractivity contribution in [2.75, 3.05) is 39.3 Å². The Labute approximate surface area is 195 Å². The molecule has 0 amide bonds. The molecule has 0 atom stereocenters. The zero-order valence-electron chi connectivity index (χ0n) is 16.4. The Morgan fingerprint density at radius 3 is 2.21 bits per heavy atom. The van der Waals surface area contributed by atoms with Crippen LogP contribution in [0.2, 0.25) is 10.0 Å². The molecule has 0 saturated carbocycles. The van der Waals surface area contributed by atoms with E-state index in [0.717, 1.165) is 57.2 Å². The molecular weight excluding hydrogens is 458 g/mol. The molecule has 2 fully saturated rings. The second kappa shape index (κ2) is 13.1. The molecule has 2 heterocycles. The van der Waals surface area contributed by atoms with Crippen LogP contribution in [0.1, 0.15) is 32.1 Å². The standard InChI is InChI=1S/C20H28Cl2N2O3.2ClH/c21-18-2-1-17(13-19(18)22)27-16-5-10-24(11-6-16)14-15-3-8-23(9-4-15)12-7-20(25)26;;/h1-2,13,15-16H,3-12,14H2,(H,25,26);2*1H. The molecule has 3 rings (SSSR count). The molecule has 1 aromatic carbocycles. The Hall–Kier alpha value is -0.430. The minimum atomic E-state index is -0.705. The fraction of sp³-hybridized carbons (Fsp3) is 0.650. The van der Waals surface area contributed by atoms with E-state index in [9.17, 15) is 4.79 Å². The van der Waals surface area contributed by atoms with Crippen LogP contribution in [-0.4, -0.2) is 66.2 Å². The van der Waals surface area contributed by atoms with Gasteiger partial charge in [-0.05, 0) is 56.8 Å². The van der Waals surface area contributed by atoms with E-state index >= 15 is 0 Å². The number of halogens is 4. The minimum absolute atomic E-state index is 0. The highest BCUT2D eigenvalue weighted by atomic mass is 35.5. The van der Waals surface area contributed by atoms with Gasteiger partial charge >= 0.3 is 5.97 Å². The first kappa shape index (κ1) is 26.6. The number of carboxylic acids is 1. The summed E-state index contributed by atoms with van der Waals surface area (Å²) >= 11 is 12.0. The van der Waals surface area contributed by atoms with Crippen molar-refractivity contribution in [1.82, 2.24) is 9.80 Å². The lowest BCUT2D eigenvalue weighted by molar-refractivity contribution is -0.137. The lowest BCUT2D eigenvalue weighted by atomic mass is 9.95. The number of aliphatic carboxylic acids is 1. The molecule has 0 spiro atoms. The van der Waals surface area contributed by atoms with Crippen molar-refractivity contribution >= 4 is 54.0 Å². The fourth-order valence-corrected chi connectivity index (χ4v) is 4.25. The lowest BCUT2D eigenvalue weighted by Crippen LogP contribution is -2.43. The van der Waals surface area contributed by atoms with Gasteiger partial charge in [-0.15, -0.1) is 24.8 Å². The maximum absolute atomic E-state index is 10.7. The van der Waals surface area contributed by atoms with Gasteiger partial charge in [-0.2, -0.15) is 0 Å². The molecule has 29 heavy (non-hydrogen) atoms. The first-order valence-corrected chi connectivity index (χ1v) is 10.5. The first-order chi connectivity index (χ1) is 13.0. The molecule has 0 bridgehead atoms. The van der Waals surface area contributed by atoms with Crippen molar-refractivity contribution < 1.29 is 14.6 Å². The highest BCUT2D eigenvalue weighted by Gasteiger charge is 2.25. The van der Waals surface area contributed by atoms with Crippen molar-refractivity contribution in [3.63, 3.8) is 0 Å². The predicted octanol–water partition coefficient (Wildman–Crippen LogP) is 4.87. The second-order valence-corrected chi connectivity index (χ2v) is 8.44. The Morgan fingerprint density at radius 1 is 1.00 bits per heavy atom. The van der Waals surface area contributed by atoms with E-state index in [0.29, 0.717) is 16.6 Å². The molecule has 9 heteroatoms. The molecule has 2 saturated heterocycles. The average molecular weight is 488 g/mol. The van der Waals surface area contributed by atoms with Gasteiger partial charge in [0.2, 0.25) is 0 Å². The summed E-state index contributed by atoms with van der Waals surface area (Å²) in [5.41, 5.74) is 0. The number of ether oxygens (including phenoxy) is 1. The highest BCUT2D eigenvalue weighted by Crippen LogP contribution is 2.28. The van der Waals surface area contributed by atoms with Crippen LogP contribution < -0.4 is 4.74 Å². The van der Waals surface area contributed by atoms with Gasteiger partial charge in [0.1, 0.15) is 11.9 Å². The van der Waals surface area contributed by atoms with Gasteiger partial charge in [0.05, 0.1) is 16.5 Å². The summed E-state index contributed by atoms with van der Waals surface area (Å²) in [7, 11) is 0. The molecule has 5 nitrogen and oxygen atoms in total. The molecule has 2 aliphatic rings. The summed E-state index contributed by atoms with van der Waals surface area (Å²) in [6, 6.07) is 5.43. The highest BCUT2D eigenvalue weighted by molar-refractivity contribution is 6.42. The third-order valence-electron chi connectivity index (χ3n) is 5.59. The number of hydrogen-bond donors (Lipinski definition) is 1. The number of carbonyl (C=O) groups is 1. The van der Waals surface area contributed by atoms with Crippen molar-refractivity contribution in [2.24, 2.45) is 5.92 Å². The van der Waals surface area contributed by atoms with Gasteiger partial charge in [0.25, 0.3) is 0 Å². The van der Waals surface area contributed by atoms with Crippen LogP contribution in [0.3, 0.4) is 0 Å². The van der Waals surface area contributed by atoms with Crippen molar-refractivity contribution in [2.45, 2.75) is 38.2 Å². The van der Waals surface area contributed by atoms with Crippen LogP contribution in [0.15, 0.2) is 18.2 Å². The van der Waals surface area contributed by atoms with E-state index in [1.165, 1.54) is 12.8 Å². The molecule has 1 aromatic rings. The van der Waals surface area contributed by atoms with Crippen molar-refractivity contribution in [1.29, 1.82) is 0 Å². The van der Waals surface area contributed by atoms with E-state index in [4.69, 9.17) is 33.0 Å². The van der Waals surface area contributed by atoms with Crippen LogP contribution in [0.25, 0.3) is 0 Å². The molecule has 166 valence electrons. The van der Waals surface area contributed by atoms with Gasteiger partial charge in [0, 0.05) is 32.2 Å². The molecule has 0 aliphatic carbocycles. The lowest BCUT2D eigenvalue weighted by Gasteiger charge is -2.37. The van der Waals surface area contributed by atoms with E-state index in [2.05, 4.69) is 9.80 Å². The van der Waals surface area contributed by atoms with Gasteiger partial charge < -0.3 is 19.6 Å². The summed E-state index contributed by atoms with van der Waals surface area (Å²) in [5.74, 6) is 0.804. The summed E-state index contributed by atoms with van der Waals surface area (Å²) in [4.78, 5) is 15.5. The SMILES string of the molecule is Cl.Cl.O=C(O)CCN1CCC(CN2CCC(Oc3ccc(Cl)c(Cl)c3)CC2)CC1. The average Bonchev–Trinajstić information content (AvgIpc) is 2.66. The van der Waals surface area contributed by atoms with E-state index in [-0.39, 0.29) is 37.3 Å². The van der Waals surface area contributed by atoms with Crippen molar-refractivity contribution in [3.8, 4) is 5.75 Å². The normalized spacial score (nSPS) is 19.2. The van der Waals surface area contributed by atoms with Crippen LogP contribution in [0, 0.1) is 5.92 Å². The van der Waals surface area contributed by atoms with Gasteiger partial charge in [-0.1, -0.05) is 23.2 Å². The van der Waals surface area contributed by atoms with E-state index < -0.39 is 5.97 Å². The summed E-state index contributed by atoms with van der Waals surface area (Å²) < 4.78 is 6.07.